The smallest absolute Gasteiger partial charge is 0.335 e. The molecule has 0 unspecified atom stereocenters. The summed E-state index contributed by atoms with van der Waals surface area (Å²) in [4.78, 5) is 23.9. The van der Waals surface area contributed by atoms with Crippen molar-refractivity contribution in [2.24, 2.45) is 0 Å². The van der Waals surface area contributed by atoms with Crippen molar-refractivity contribution in [2.75, 3.05) is 26.0 Å². The number of amides is 1. The Hall–Kier alpha value is -1.95. The Balaban J connectivity index is 2.68. The maximum absolute atomic E-state index is 13.5. The van der Waals surface area contributed by atoms with Crippen molar-refractivity contribution in [3.63, 3.8) is 0 Å². The molecule has 0 atom stereocenters. The fraction of sp³-hybridized carbons (Fsp3) is 0.333. The van der Waals surface area contributed by atoms with E-state index in [1.807, 2.05) is 19.0 Å². The minimum absolute atomic E-state index is 0.0104. The molecule has 1 rings (SSSR count). The van der Waals surface area contributed by atoms with E-state index in [-0.39, 0.29) is 23.6 Å². The van der Waals surface area contributed by atoms with Crippen LogP contribution in [0.4, 0.5) is 10.1 Å². The molecule has 0 fully saturated rings. The van der Waals surface area contributed by atoms with Crippen LogP contribution in [0.3, 0.4) is 0 Å². The van der Waals surface area contributed by atoms with Crippen molar-refractivity contribution >= 4 is 17.6 Å². The van der Waals surface area contributed by atoms with Gasteiger partial charge >= 0.3 is 5.97 Å². The molecule has 1 aromatic rings. The van der Waals surface area contributed by atoms with Gasteiger partial charge < -0.3 is 15.3 Å². The number of halogens is 1. The number of carbonyl (C=O) groups is 2. The van der Waals surface area contributed by atoms with Crippen molar-refractivity contribution < 1.29 is 19.1 Å². The first-order valence-electron chi connectivity index (χ1n) is 5.37. The number of nitrogens with one attached hydrogen (secondary N) is 1. The normalized spacial score (nSPS) is 10.4. The highest BCUT2D eigenvalue weighted by Gasteiger charge is 2.10. The first-order valence-corrected chi connectivity index (χ1v) is 5.37. The van der Waals surface area contributed by atoms with E-state index in [1.165, 1.54) is 12.1 Å². The van der Waals surface area contributed by atoms with Gasteiger partial charge in [-0.25, -0.2) is 9.18 Å². The Morgan fingerprint density at radius 2 is 2.06 bits per heavy atom. The van der Waals surface area contributed by atoms with E-state index in [0.717, 1.165) is 6.07 Å². The highest BCUT2D eigenvalue weighted by Crippen LogP contribution is 2.16. The van der Waals surface area contributed by atoms with Crippen LogP contribution < -0.4 is 5.32 Å². The number of aromatic carboxylic acids is 1. The minimum atomic E-state index is -1.21. The second-order valence-electron chi connectivity index (χ2n) is 4.10. The molecule has 1 amide bonds. The third-order valence-corrected chi connectivity index (χ3v) is 2.28. The Kier molecular flexibility index (Phi) is 4.79. The van der Waals surface area contributed by atoms with Gasteiger partial charge in [-0.1, -0.05) is 0 Å². The van der Waals surface area contributed by atoms with Crippen molar-refractivity contribution in [1.29, 1.82) is 0 Å². The van der Waals surface area contributed by atoms with Gasteiger partial charge in [-0.2, -0.15) is 0 Å². The fourth-order valence-corrected chi connectivity index (χ4v) is 1.29. The number of carboxylic acids is 1. The summed E-state index contributed by atoms with van der Waals surface area (Å²) in [6, 6.07) is 3.36. The van der Waals surface area contributed by atoms with Gasteiger partial charge in [-0.15, -0.1) is 0 Å². The number of anilines is 1. The largest absolute Gasteiger partial charge is 0.478 e. The van der Waals surface area contributed by atoms with Gasteiger partial charge in [0.25, 0.3) is 0 Å². The van der Waals surface area contributed by atoms with Crippen molar-refractivity contribution in [3.8, 4) is 0 Å². The first kappa shape index (κ1) is 14.1. The SMILES string of the molecule is CN(C)CCC(=O)Nc1ccc(C(=O)O)cc1F. The average molecular weight is 254 g/mol. The number of rotatable bonds is 5. The predicted molar refractivity (Wildman–Crippen MR) is 65.2 cm³/mol. The third kappa shape index (κ3) is 4.14. The monoisotopic (exact) mass is 254 g/mol. The number of hydrogen-bond donors (Lipinski definition) is 2. The van der Waals surface area contributed by atoms with E-state index in [1.54, 1.807) is 0 Å². The Morgan fingerprint density at radius 1 is 1.39 bits per heavy atom. The van der Waals surface area contributed by atoms with Crippen LogP contribution in [0.1, 0.15) is 16.8 Å². The summed E-state index contributed by atoms with van der Waals surface area (Å²) in [6.45, 7) is 0.556. The zero-order chi connectivity index (χ0) is 13.7. The molecule has 6 heteroatoms. The minimum Gasteiger partial charge on any atom is -0.478 e. The molecular formula is C12H15FN2O3. The molecule has 0 bridgehead atoms. The lowest BCUT2D eigenvalue weighted by atomic mass is 10.2. The lowest BCUT2D eigenvalue weighted by molar-refractivity contribution is -0.116. The van der Waals surface area contributed by atoms with Crippen molar-refractivity contribution in [2.45, 2.75) is 6.42 Å². The molecule has 0 aliphatic rings. The van der Waals surface area contributed by atoms with Gasteiger partial charge in [-0.3, -0.25) is 4.79 Å². The van der Waals surface area contributed by atoms with Gasteiger partial charge in [-0.05, 0) is 32.3 Å². The molecule has 0 radical (unpaired) electrons. The Morgan fingerprint density at radius 3 is 2.56 bits per heavy atom. The first-order chi connectivity index (χ1) is 8.40. The number of hydrogen-bond acceptors (Lipinski definition) is 3. The van der Waals surface area contributed by atoms with E-state index in [2.05, 4.69) is 5.32 Å². The highest BCUT2D eigenvalue weighted by atomic mass is 19.1. The van der Waals surface area contributed by atoms with Crippen LogP contribution in [0, 0.1) is 5.82 Å². The summed E-state index contributed by atoms with van der Waals surface area (Å²) in [6.07, 6.45) is 0.243. The van der Waals surface area contributed by atoms with Crippen LogP contribution in [0.2, 0.25) is 0 Å². The highest BCUT2D eigenvalue weighted by molar-refractivity contribution is 5.92. The van der Waals surface area contributed by atoms with Gasteiger partial charge in [0.1, 0.15) is 5.82 Å². The number of carboxylic acid groups (broad SMARTS) is 1. The zero-order valence-corrected chi connectivity index (χ0v) is 10.2. The average Bonchev–Trinajstić information content (AvgIpc) is 2.29. The van der Waals surface area contributed by atoms with E-state index in [4.69, 9.17) is 5.11 Å². The molecule has 1 aromatic carbocycles. The molecule has 18 heavy (non-hydrogen) atoms. The molecule has 0 spiro atoms. The number of carbonyl (C=O) groups excluding carboxylic acids is 1. The van der Waals surface area contributed by atoms with E-state index >= 15 is 0 Å². The van der Waals surface area contributed by atoms with Crippen molar-refractivity contribution in [3.05, 3.63) is 29.6 Å². The van der Waals surface area contributed by atoms with Gasteiger partial charge in [0.05, 0.1) is 11.3 Å². The molecule has 0 aromatic heterocycles. The summed E-state index contributed by atoms with van der Waals surface area (Å²) in [5.41, 5.74) is -0.164. The molecule has 0 aliphatic heterocycles. The number of nitrogens with zero attached hydrogens (tertiary/aromatic N) is 1. The number of benzene rings is 1. The van der Waals surface area contributed by atoms with Crippen LogP contribution in [0.5, 0.6) is 0 Å². The molecule has 5 nitrogen and oxygen atoms in total. The maximum atomic E-state index is 13.5. The quantitative estimate of drug-likeness (QED) is 0.833. The van der Waals surface area contributed by atoms with Gasteiger partial charge in [0.2, 0.25) is 5.91 Å². The van der Waals surface area contributed by atoms with Crippen LogP contribution in [-0.2, 0) is 4.79 Å². The van der Waals surface area contributed by atoms with Crippen LogP contribution in [0.25, 0.3) is 0 Å². The summed E-state index contributed by atoms with van der Waals surface area (Å²) in [5, 5.41) is 11.1. The molecule has 0 saturated heterocycles. The van der Waals surface area contributed by atoms with E-state index < -0.39 is 11.8 Å². The summed E-state index contributed by atoms with van der Waals surface area (Å²) >= 11 is 0. The second-order valence-corrected chi connectivity index (χ2v) is 4.10. The zero-order valence-electron chi connectivity index (χ0n) is 10.2. The van der Waals surface area contributed by atoms with Crippen LogP contribution >= 0.6 is 0 Å². The fourth-order valence-electron chi connectivity index (χ4n) is 1.29. The molecule has 0 aliphatic carbocycles. The Bertz CT molecular complexity index is 461. The molecule has 0 saturated carbocycles. The van der Waals surface area contributed by atoms with Gasteiger partial charge in [0.15, 0.2) is 0 Å². The lowest BCUT2D eigenvalue weighted by Crippen LogP contribution is -2.21. The second kappa shape index (κ2) is 6.11. The molecule has 2 N–H and O–H groups in total. The third-order valence-electron chi connectivity index (χ3n) is 2.28. The van der Waals surface area contributed by atoms with E-state index in [9.17, 15) is 14.0 Å². The standard InChI is InChI=1S/C12H15FN2O3/c1-15(2)6-5-11(16)14-10-4-3-8(12(17)18)7-9(10)13/h3-4,7H,5-6H2,1-2H3,(H,14,16)(H,17,18). The Labute approximate surface area is 104 Å². The van der Waals surface area contributed by atoms with Crippen molar-refractivity contribution in [1.82, 2.24) is 4.90 Å². The summed E-state index contributed by atoms with van der Waals surface area (Å²) < 4.78 is 13.5. The summed E-state index contributed by atoms with van der Waals surface area (Å²) in [7, 11) is 3.66. The van der Waals surface area contributed by atoms with E-state index in [0.29, 0.717) is 6.54 Å². The van der Waals surface area contributed by atoms with Crippen LogP contribution in [0.15, 0.2) is 18.2 Å². The summed E-state index contributed by atoms with van der Waals surface area (Å²) in [5.74, 6) is -2.28. The topological polar surface area (TPSA) is 69.6 Å². The lowest BCUT2D eigenvalue weighted by Gasteiger charge is -2.10. The maximum Gasteiger partial charge on any atom is 0.335 e. The molecular weight excluding hydrogens is 239 g/mol. The predicted octanol–water partition coefficient (Wildman–Crippen LogP) is 1.41. The van der Waals surface area contributed by atoms with Crippen LogP contribution in [-0.4, -0.2) is 42.5 Å². The molecule has 98 valence electrons. The molecule has 0 heterocycles. The van der Waals surface area contributed by atoms with Gasteiger partial charge in [0, 0.05) is 13.0 Å².